The summed E-state index contributed by atoms with van der Waals surface area (Å²) < 4.78 is 0. The van der Waals surface area contributed by atoms with Gasteiger partial charge in [0.15, 0.2) is 5.60 Å². The van der Waals surface area contributed by atoms with Gasteiger partial charge in [-0.2, -0.15) is 0 Å². The van der Waals surface area contributed by atoms with Gasteiger partial charge in [0, 0.05) is 18.2 Å². The topological polar surface area (TPSA) is 130 Å². The highest BCUT2D eigenvalue weighted by Gasteiger charge is 2.29. The Bertz CT molecular complexity index is 594. The Morgan fingerprint density at radius 3 is 2.71 bits per heavy atom. The average molecular weight is 294 g/mol. The second kappa shape index (κ2) is 6.62. The number of hydrogen-bond donors (Lipinski definition) is 3. The number of amides is 1. The number of non-ortho nitro benzene ring substituents is 1. The highest BCUT2D eigenvalue weighted by molar-refractivity contribution is 5.92. The molecule has 3 N–H and O–H groups in total. The number of aliphatic carboxylic acids is 1. The third-order valence-electron chi connectivity index (χ3n) is 2.58. The van der Waals surface area contributed by atoms with E-state index in [1.165, 1.54) is 24.3 Å². The second-order valence-corrected chi connectivity index (χ2v) is 4.48. The van der Waals surface area contributed by atoms with Crippen LogP contribution in [0.4, 0.5) is 5.69 Å². The normalized spacial score (nSPS) is 13.6. The number of nitro groups is 1. The molecule has 0 aliphatic carbocycles. The molecule has 0 aliphatic heterocycles. The van der Waals surface area contributed by atoms with Gasteiger partial charge in [0.05, 0.1) is 11.5 Å². The maximum atomic E-state index is 11.5. The van der Waals surface area contributed by atoms with Gasteiger partial charge in [-0.15, -0.1) is 0 Å². The minimum Gasteiger partial charge on any atom is -0.479 e. The molecule has 1 rings (SSSR count). The Balaban J connectivity index is 2.64. The summed E-state index contributed by atoms with van der Waals surface area (Å²) in [6.07, 6.45) is 2.44. The smallest absolute Gasteiger partial charge is 0.337 e. The number of carbonyl (C=O) groups excluding carboxylic acids is 1. The Morgan fingerprint density at radius 1 is 1.48 bits per heavy atom. The standard InChI is InChI=1S/C13H14N2O6/c1-13(19,12(17)18)8-14-11(16)6-5-9-3-2-4-10(7-9)15(20)21/h2-7,19H,8H2,1H3,(H,14,16)(H,17,18). The van der Waals surface area contributed by atoms with Crippen LogP contribution in [0.25, 0.3) is 6.08 Å². The molecular formula is C13H14N2O6. The predicted molar refractivity (Wildman–Crippen MR) is 73.4 cm³/mol. The number of carboxylic acids is 1. The predicted octanol–water partition coefficient (Wildman–Crippen LogP) is 0.560. The molecule has 112 valence electrons. The molecule has 0 heterocycles. The number of nitrogens with one attached hydrogen (secondary N) is 1. The molecule has 0 spiro atoms. The van der Waals surface area contributed by atoms with Gasteiger partial charge < -0.3 is 15.5 Å². The lowest BCUT2D eigenvalue weighted by Crippen LogP contribution is -2.46. The van der Waals surface area contributed by atoms with Gasteiger partial charge >= 0.3 is 5.97 Å². The lowest BCUT2D eigenvalue weighted by molar-refractivity contribution is -0.384. The van der Waals surface area contributed by atoms with Crippen LogP contribution in [0.5, 0.6) is 0 Å². The zero-order chi connectivity index (χ0) is 16.0. The maximum absolute atomic E-state index is 11.5. The van der Waals surface area contributed by atoms with Crippen LogP contribution in [0.1, 0.15) is 12.5 Å². The van der Waals surface area contributed by atoms with Gasteiger partial charge in [-0.3, -0.25) is 14.9 Å². The van der Waals surface area contributed by atoms with Gasteiger partial charge in [-0.25, -0.2) is 4.79 Å². The molecule has 1 unspecified atom stereocenters. The summed E-state index contributed by atoms with van der Waals surface area (Å²) in [5.74, 6) is -2.08. The Hall–Kier alpha value is -2.74. The molecule has 1 atom stereocenters. The SMILES string of the molecule is CC(O)(CNC(=O)C=Cc1cccc([N+](=O)[O-])c1)C(=O)O. The zero-order valence-electron chi connectivity index (χ0n) is 11.1. The second-order valence-electron chi connectivity index (χ2n) is 4.48. The summed E-state index contributed by atoms with van der Waals surface area (Å²) in [5, 5.41) is 30.9. The van der Waals surface area contributed by atoms with Crippen LogP contribution in [0.15, 0.2) is 30.3 Å². The number of aliphatic hydroxyl groups is 1. The minimum absolute atomic E-state index is 0.105. The van der Waals surface area contributed by atoms with E-state index in [9.17, 15) is 24.8 Å². The highest BCUT2D eigenvalue weighted by Crippen LogP contribution is 2.14. The average Bonchev–Trinajstić information content (AvgIpc) is 2.43. The van der Waals surface area contributed by atoms with Crippen molar-refractivity contribution in [1.29, 1.82) is 0 Å². The molecule has 0 bridgehead atoms. The largest absolute Gasteiger partial charge is 0.479 e. The van der Waals surface area contributed by atoms with Crippen LogP contribution in [0.2, 0.25) is 0 Å². The summed E-state index contributed by atoms with van der Waals surface area (Å²) in [5.41, 5.74) is -1.72. The quantitative estimate of drug-likeness (QED) is 0.399. The van der Waals surface area contributed by atoms with E-state index < -0.39 is 28.9 Å². The maximum Gasteiger partial charge on any atom is 0.337 e. The molecule has 1 aromatic rings. The molecule has 21 heavy (non-hydrogen) atoms. The Morgan fingerprint density at radius 2 is 2.14 bits per heavy atom. The van der Waals surface area contributed by atoms with Crippen LogP contribution in [0, 0.1) is 10.1 Å². The number of carboxylic acid groups (broad SMARTS) is 1. The van der Waals surface area contributed by atoms with Crippen LogP contribution in [0.3, 0.4) is 0 Å². The third-order valence-corrected chi connectivity index (χ3v) is 2.58. The first-order valence-electron chi connectivity index (χ1n) is 5.88. The molecule has 0 radical (unpaired) electrons. The van der Waals surface area contributed by atoms with E-state index in [0.29, 0.717) is 5.56 Å². The fraction of sp³-hybridized carbons (Fsp3) is 0.231. The van der Waals surface area contributed by atoms with E-state index in [1.54, 1.807) is 6.07 Å². The van der Waals surface area contributed by atoms with E-state index in [2.05, 4.69) is 5.32 Å². The van der Waals surface area contributed by atoms with E-state index >= 15 is 0 Å². The molecule has 1 amide bonds. The van der Waals surface area contributed by atoms with Gasteiger partial charge in [0.25, 0.3) is 5.69 Å². The number of hydrogen-bond acceptors (Lipinski definition) is 5. The molecule has 0 aromatic heterocycles. The van der Waals surface area contributed by atoms with Crippen LogP contribution in [-0.2, 0) is 9.59 Å². The van der Waals surface area contributed by atoms with Crippen molar-refractivity contribution in [3.8, 4) is 0 Å². The lowest BCUT2D eigenvalue weighted by atomic mass is 10.1. The molecule has 0 fully saturated rings. The van der Waals surface area contributed by atoms with Crippen molar-refractivity contribution in [3.05, 3.63) is 46.0 Å². The number of nitrogens with zero attached hydrogens (tertiary/aromatic N) is 1. The van der Waals surface area contributed by atoms with Crippen molar-refractivity contribution in [3.63, 3.8) is 0 Å². The van der Waals surface area contributed by atoms with Crippen molar-refractivity contribution in [2.24, 2.45) is 0 Å². The molecule has 8 heteroatoms. The van der Waals surface area contributed by atoms with Crippen molar-refractivity contribution < 1.29 is 24.7 Å². The van der Waals surface area contributed by atoms with E-state index in [1.807, 2.05) is 0 Å². The number of rotatable bonds is 6. The first-order chi connectivity index (χ1) is 9.72. The lowest BCUT2D eigenvalue weighted by Gasteiger charge is -2.17. The first-order valence-corrected chi connectivity index (χ1v) is 5.88. The third kappa shape index (κ3) is 5.03. The van der Waals surface area contributed by atoms with Crippen LogP contribution < -0.4 is 5.32 Å². The van der Waals surface area contributed by atoms with Crippen molar-refractivity contribution >= 4 is 23.6 Å². The van der Waals surface area contributed by atoms with Crippen LogP contribution in [-0.4, -0.2) is 39.2 Å². The van der Waals surface area contributed by atoms with Crippen LogP contribution >= 0.6 is 0 Å². The van der Waals surface area contributed by atoms with Crippen molar-refractivity contribution in [2.75, 3.05) is 6.54 Å². The fourth-order valence-corrected chi connectivity index (χ4v) is 1.31. The summed E-state index contributed by atoms with van der Waals surface area (Å²) in [6.45, 7) is 0.598. The van der Waals surface area contributed by atoms with Crippen molar-refractivity contribution in [2.45, 2.75) is 12.5 Å². The first kappa shape index (κ1) is 16.3. The molecule has 0 saturated carbocycles. The molecule has 0 saturated heterocycles. The number of nitro benzene ring substituents is 1. The molecular weight excluding hydrogens is 280 g/mol. The molecule has 8 nitrogen and oxygen atoms in total. The van der Waals surface area contributed by atoms with Crippen molar-refractivity contribution in [1.82, 2.24) is 5.32 Å². The molecule has 1 aromatic carbocycles. The monoisotopic (exact) mass is 294 g/mol. The molecule has 0 aliphatic rings. The van der Waals surface area contributed by atoms with Gasteiger partial charge in [0.2, 0.25) is 5.91 Å². The van der Waals surface area contributed by atoms with Gasteiger partial charge in [-0.05, 0) is 18.6 Å². The van der Waals surface area contributed by atoms with Gasteiger partial charge in [-0.1, -0.05) is 12.1 Å². The number of benzene rings is 1. The Labute approximate surface area is 119 Å². The summed E-state index contributed by atoms with van der Waals surface area (Å²) in [6, 6.07) is 5.66. The van der Waals surface area contributed by atoms with E-state index in [0.717, 1.165) is 13.0 Å². The van der Waals surface area contributed by atoms with E-state index in [4.69, 9.17) is 5.11 Å². The summed E-state index contributed by atoms with van der Waals surface area (Å²) >= 11 is 0. The summed E-state index contributed by atoms with van der Waals surface area (Å²) in [7, 11) is 0. The summed E-state index contributed by atoms with van der Waals surface area (Å²) in [4.78, 5) is 32.1. The highest BCUT2D eigenvalue weighted by atomic mass is 16.6. The minimum atomic E-state index is -2.06. The fourth-order valence-electron chi connectivity index (χ4n) is 1.31. The Kier molecular flexibility index (Phi) is 5.14. The van der Waals surface area contributed by atoms with Gasteiger partial charge in [0.1, 0.15) is 0 Å². The van der Waals surface area contributed by atoms with E-state index in [-0.39, 0.29) is 5.69 Å². The zero-order valence-corrected chi connectivity index (χ0v) is 11.1. The number of carbonyl (C=O) groups is 2.